The van der Waals surface area contributed by atoms with Crippen molar-refractivity contribution in [2.45, 2.75) is 12.7 Å². The molecule has 0 aliphatic carbocycles. The number of oxime groups is 1. The first kappa shape index (κ1) is 23.4. The van der Waals surface area contributed by atoms with Gasteiger partial charge in [-0.3, -0.25) is 4.79 Å². The summed E-state index contributed by atoms with van der Waals surface area (Å²) in [7, 11) is 0. The van der Waals surface area contributed by atoms with E-state index < -0.39 is 23.3 Å². The molecule has 0 atom stereocenters. The molecule has 0 amide bonds. The van der Waals surface area contributed by atoms with Crippen LogP contribution in [0.4, 0.5) is 13.2 Å². The number of rotatable bonds is 5. The third-order valence-corrected chi connectivity index (χ3v) is 4.94. The van der Waals surface area contributed by atoms with Crippen LogP contribution in [0.3, 0.4) is 0 Å². The van der Waals surface area contributed by atoms with Gasteiger partial charge in [0.05, 0.1) is 27.7 Å². The van der Waals surface area contributed by atoms with E-state index in [2.05, 4.69) is 5.16 Å². The number of carbonyl (C=O) groups is 1. The first-order chi connectivity index (χ1) is 15.1. The third kappa shape index (κ3) is 5.49. The van der Waals surface area contributed by atoms with E-state index in [-0.39, 0.29) is 28.0 Å². The van der Waals surface area contributed by atoms with E-state index in [9.17, 15) is 22.8 Å². The molecule has 2 N–H and O–H groups in total. The zero-order chi connectivity index (χ0) is 23.5. The fourth-order valence-corrected chi connectivity index (χ4v) is 3.23. The first-order valence-electron chi connectivity index (χ1n) is 8.92. The van der Waals surface area contributed by atoms with E-state index >= 15 is 0 Å². The number of nitrogens with zero attached hydrogens (tertiary/aromatic N) is 2. The number of carbonyl (C=O) groups excluding carboxylic acids is 1. The maximum absolute atomic E-state index is 12.9. The molecule has 2 aromatic carbocycles. The van der Waals surface area contributed by atoms with Gasteiger partial charge in [0.25, 0.3) is 5.56 Å². The Hall–Kier alpha value is -3.30. The number of halogens is 5. The Balaban J connectivity index is 1.73. The minimum atomic E-state index is -4.56. The number of hydrogen-bond donors (Lipinski definition) is 1. The van der Waals surface area contributed by atoms with Gasteiger partial charge >= 0.3 is 12.1 Å². The van der Waals surface area contributed by atoms with Gasteiger partial charge in [0.2, 0.25) is 0 Å². The molecule has 11 heteroatoms. The lowest BCUT2D eigenvalue weighted by Crippen LogP contribution is -2.22. The first-order valence-corrected chi connectivity index (χ1v) is 9.67. The van der Waals surface area contributed by atoms with Crippen molar-refractivity contribution in [3.63, 3.8) is 0 Å². The highest BCUT2D eigenvalue weighted by atomic mass is 35.5. The predicted molar refractivity (Wildman–Crippen MR) is 114 cm³/mol. The fourth-order valence-electron chi connectivity index (χ4n) is 2.68. The largest absolute Gasteiger partial charge is 0.417 e. The van der Waals surface area contributed by atoms with Crippen molar-refractivity contribution in [1.82, 2.24) is 4.57 Å². The van der Waals surface area contributed by atoms with Crippen LogP contribution in [0.15, 0.2) is 70.7 Å². The molecule has 1 aromatic heterocycles. The number of alkyl halides is 3. The predicted octanol–water partition coefficient (Wildman–Crippen LogP) is 4.70. The summed E-state index contributed by atoms with van der Waals surface area (Å²) in [6.07, 6.45) is -3.80. The topological polar surface area (TPSA) is 86.7 Å². The summed E-state index contributed by atoms with van der Waals surface area (Å²) in [6, 6.07) is 12.2. The monoisotopic (exact) mass is 483 g/mol. The Morgan fingerprint density at radius 2 is 1.66 bits per heavy atom. The molecule has 3 aromatic rings. The van der Waals surface area contributed by atoms with Crippen molar-refractivity contribution in [2.75, 3.05) is 0 Å². The molecule has 0 unspecified atom stereocenters. The quantitative estimate of drug-likeness (QED) is 0.246. The fraction of sp³-hybridized carbons (Fsp3) is 0.0952. The van der Waals surface area contributed by atoms with Crippen LogP contribution in [0.5, 0.6) is 0 Å². The highest BCUT2D eigenvalue weighted by Gasteiger charge is 2.31. The van der Waals surface area contributed by atoms with Gasteiger partial charge in [0.15, 0.2) is 5.84 Å². The molecule has 6 nitrogen and oxygen atoms in total. The molecule has 0 radical (unpaired) electrons. The third-order valence-electron chi connectivity index (χ3n) is 4.31. The van der Waals surface area contributed by atoms with E-state index in [0.717, 1.165) is 22.9 Å². The maximum atomic E-state index is 12.9. The molecule has 3 rings (SSSR count). The molecule has 0 bridgehead atoms. The SMILES string of the molecule is NC(=NOC(=O)c1c(Cl)cccc1Cl)c1ccc(Cn2cc(C(F)(F)F)ccc2=O)cc1. The lowest BCUT2D eigenvalue weighted by atomic mass is 10.1. The van der Waals surface area contributed by atoms with Gasteiger partial charge in [0.1, 0.15) is 0 Å². The Morgan fingerprint density at radius 3 is 2.25 bits per heavy atom. The summed E-state index contributed by atoms with van der Waals surface area (Å²) in [5, 5.41) is 3.74. The van der Waals surface area contributed by atoms with Gasteiger partial charge in [-0.2, -0.15) is 13.2 Å². The van der Waals surface area contributed by atoms with Crippen LogP contribution in [0, 0.1) is 0 Å². The molecule has 32 heavy (non-hydrogen) atoms. The zero-order valence-electron chi connectivity index (χ0n) is 16.1. The number of nitrogens with two attached hydrogens (primary N) is 1. The molecule has 0 spiro atoms. The van der Waals surface area contributed by atoms with Gasteiger partial charge in [-0.15, -0.1) is 0 Å². The average molecular weight is 484 g/mol. The van der Waals surface area contributed by atoms with Crippen molar-refractivity contribution in [2.24, 2.45) is 10.9 Å². The van der Waals surface area contributed by atoms with E-state index in [1.165, 1.54) is 24.3 Å². The van der Waals surface area contributed by atoms with Crippen LogP contribution in [-0.2, 0) is 17.6 Å². The summed E-state index contributed by atoms with van der Waals surface area (Å²) in [5.74, 6) is -1.03. The van der Waals surface area contributed by atoms with Crippen molar-refractivity contribution in [1.29, 1.82) is 0 Å². The highest BCUT2D eigenvalue weighted by molar-refractivity contribution is 6.39. The molecular formula is C21H14Cl2F3N3O3. The summed E-state index contributed by atoms with van der Waals surface area (Å²) >= 11 is 11.9. The van der Waals surface area contributed by atoms with Crippen molar-refractivity contribution in [3.8, 4) is 0 Å². The van der Waals surface area contributed by atoms with Crippen molar-refractivity contribution >= 4 is 35.0 Å². The summed E-state index contributed by atoms with van der Waals surface area (Å²) in [4.78, 5) is 28.8. The average Bonchev–Trinajstić information content (AvgIpc) is 2.73. The minimum Gasteiger partial charge on any atom is -0.380 e. The van der Waals surface area contributed by atoms with E-state index in [0.29, 0.717) is 11.1 Å². The molecule has 0 aliphatic heterocycles. The Morgan fingerprint density at radius 1 is 1.03 bits per heavy atom. The summed E-state index contributed by atoms with van der Waals surface area (Å²) < 4.78 is 39.6. The van der Waals surface area contributed by atoms with Crippen LogP contribution in [0.1, 0.15) is 27.0 Å². The summed E-state index contributed by atoms with van der Waals surface area (Å²) in [6.45, 7) is -0.0833. The highest BCUT2D eigenvalue weighted by Crippen LogP contribution is 2.28. The lowest BCUT2D eigenvalue weighted by Gasteiger charge is -2.11. The number of benzene rings is 2. The molecular weight excluding hydrogens is 470 g/mol. The zero-order valence-corrected chi connectivity index (χ0v) is 17.6. The Labute approximate surface area is 189 Å². The van der Waals surface area contributed by atoms with Crippen LogP contribution < -0.4 is 11.3 Å². The number of pyridine rings is 1. The van der Waals surface area contributed by atoms with Gasteiger partial charge in [-0.1, -0.05) is 58.7 Å². The number of hydrogen-bond acceptors (Lipinski definition) is 4. The number of amidine groups is 1. The van der Waals surface area contributed by atoms with Crippen LogP contribution in [0.2, 0.25) is 10.0 Å². The number of aromatic nitrogens is 1. The lowest BCUT2D eigenvalue weighted by molar-refractivity contribution is -0.138. The summed E-state index contributed by atoms with van der Waals surface area (Å²) in [5.41, 5.74) is 5.18. The van der Waals surface area contributed by atoms with Gasteiger partial charge < -0.3 is 15.1 Å². The second-order valence-electron chi connectivity index (χ2n) is 6.53. The van der Waals surface area contributed by atoms with Gasteiger partial charge in [-0.05, 0) is 23.8 Å². The molecule has 0 aliphatic rings. The standard InChI is InChI=1S/C21H14Cl2F3N3O3/c22-15-2-1-3-16(23)18(15)20(31)32-28-19(27)13-6-4-12(5-7-13)10-29-11-14(21(24,25)26)8-9-17(29)30/h1-9,11H,10H2,(H2,27,28). The molecule has 166 valence electrons. The molecule has 0 saturated heterocycles. The second kappa shape index (κ2) is 9.46. The van der Waals surface area contributed by atoms with E-state index in [4.69, 9.17) is 33.8 Å². The smallest absolute Gasteiger partial charge is 0.380 e. The van der Waals surface area contributed by atoms with E-state index in [1.54, 1.807) is 18.2 Å². The van der Waals surface area contributed by atoms with Crippen LogP contribution in [-0.4, -0.2) is 16.4 Å². The molecule has 0 saturated carbocycles. The normalized spacial score (nSPS) is 12.0. The molecule has 0 fully saturated rings. The van der Waals surface area contributed by atoms with Crippen molar-refractivity contribution in [3.05, 3.63) is 103 Å². The second-order valence-corrected chi connectivity index (χ2v) is 7.34. The van der Waals surface area contributed by atoms with Crippen LogP contribution >= 0.6 is 23.2 Å². The van der Waals surface area contributed by atoms with Crippen molar-refractivity contribution < 1.29 is 22.8 Å². The maximum Gasteiger partial charge on any atom is 0.417 e. The Bertz CT molecular complexity index is 1220. The van der Waals surface area contributed by atoms with Gasteiger partial charge in [-0.25, -0.2) is 4.79 Å². The van der Waals surface area contributed by atoms with Crippen LogP contribution in [0.25, 0.3) is 0 Å². The van der Waals surface area contributed by atoms with Gasteiger partial charge in [0, 0.05) is 17.8 Å². The minimum absolute atomic E-state index is 0.0609. The Kier molecular flexibility index (Phi) is 6.90. The van der Waals surface area contributed by atoms with E-state index in [1.807, 2.05) is 0 Å². The molecule has 1 heterocycles.